The van der Waals surface area contributed by atoms with E-state index in [0.29, 0.717) is 37.5 Å². The van der Waals surface area contributed by atoms with Crippen LogP contribution in [-0.4, -0.2) is 42.0 Å². The van der Waals surface area contributed by atoms with Gasteiger partial charge in [-0.2, -0.15) is 0 Å². The van der Waals surface area contributed by atoms with Gasteiger partial charge in [-0.1, -0.05) is 12.1 Å². The second kappa shape index (κ2) is 6.88. The summed E-state index contributed by atoms with van der Waals surface area (Å²) in [6.07, 6.45) is 0. The Morgan fingerprint density at radius 1 is 1.00 bits per heavy atom. The van der Waals surface area contributed by atoms with Crippen LogP contribution in [0, 0.1) is 12.7 Å². The van der Waals surface area contributed by atoms with Crippen LogP contribution < -0.4 is 4.90 Å². The Morgan fingerprint density at radius 3 is 2.48 bits per heavy atom. The molecule has 3 heterocycles. The minimum Gasteiger partial charge on any atom is -0.450 e. The third-order valence-corrected chi connectivity index (χ3v) is 5.53. The predicted octanol–water partition coefficient (Wildman–Crippen LogP) is 4.39. The number of carbonyl (C=O) groups excluding carboxylic acids is 1. The number of halogens is 1. The molecule has 0 N–H and O–H groups in total. The fourth-order valence-electron chi connectivity index (χ4n) is 3.94. The zero-order valence-electron chi connectivity index (χ0n) is 16.1. The van der Waals surface area contributed by atoms with Crippen molar-refractivity contribution >= 4 is 33.5 Å². The first kappa shape index (κ1) is 17.7. The summed E-state index contributed by atoms with van der Waals surface area (Å²) in [5.41, 5.74) is 3.39. The molecule has 0 bridgehead atoms. The molecule has 29 heavy (non-hydrogen) atoms. The topological polar surface area (TPSA) is 49.6 Å². The minimum absolute atomic E-state index is 0.108. The molecule has 0 unspecified atom stereocenters. The van der Waals surface area contributed by atoms with Crippen molar-refractivity contribution in [1.82, 2.24) is 9.88 Å². The zero-order valence-corrected chi connectivity index (χ0v) is 16.1. The molecule has 0 spiro atoms. The van der Waals surface area contributed by atoms with Crippen LogP contribution in [0.25, 0.3) is 21.9 Å². The van der Waals surface area contributed by atoms with E-state index in [0.717, 1.165) is 27.7 Å². The summed E-state index contributed by atoms with van der Waals surface area (Å²) in [4.78, 5) is 21.6. The number of fused-ring (bicyclic) bond motifs is 3. The molecule has 5 nitrogen and oxygen atoms in total. The van der Waals surface area contributed by atoms with Crippen LogP contribution in [0.4, 0.5) is 10.1 Å². The Labute approximate surface area is 167 Å². The molecule has 0 radical (unpaired) electrons. The van der Waals surface area contributed by atoms with Gasteiger partial charge in [0.15, 0.2) is 5.76 Å². The number of rotatable bonds is 2. The lowest BCUT2D eigenvalue weighted by Gasteiger charge is -2.35. The molecule has 6 heteroatoms. The third kappa shape index (κ3) is 3.10. The van der Waals surface area contributed by atoms with E-state index in [1.807, 2.05) is 36.1 Å². The number of hydrogen-bond acceptors (Lipinski definition) is 4. The lowest BCUT2D eigenvalue weighted by Crippen LogP contribution is -2.48. The number of furan rings is 1. The van der Waals surface area contributed by atoms with Gasteiger partial charge in [-0.15, -0.1) is 0 Å². The summed E-state index contributed by atoms with van der Waals surface area (Å²) in [6, 6.07) is 16.1. The largest absolute Gasteiger partial charge is 0.450 e. The van der Waals surface area contributed by atoms with Crippen LogP contribution >= 0.6 is 0 Å². The number of carbonyl (C=O) groups is 1. The monoisotopic (exact) mass is 389 g/mol. The van der Waals surface area contributed by atoms with E-state index in [2.05, 4.69) is 9.88 Å². The van der Waals surface area contributed by atoms with Gasteiger partial charge in [0.1, 0.15) is 11.4 Å². The number of hydrogen-bond donors (Lipinski definition) is 0. The average molecular weight is 389 g/mol. The Balaban J connectivity index is 1.38. The number of amides is 1. The molecule has 1 fully saturated rings. The Kier molecular flexibility index (Phi) is 4.19. The van der Waals surface area contributed by atoms with Gasteiger partial charge in [0.05, 0.1) is 5.52 Å². The van der Waals surface area contributed by atoms with Gasteiger partial charge in [0, 0.05) is 48.3 Å². The van der Waals surface area contributed by atoms with Crippen LogP contribution in [0.1, 0.15) is 16.2 Å². The fourth-order valence-corrected chi connectivity index (χ4v) is 3.94. The molecule has 2 aromatic carbocycles. The summed E-state index contributed by atoms with van der Waals surface area (Å²) >= 11 is 0. The van der Waals surface area contributed by atoms with E-state index >= 15 is 0 Å². The van der Waals surface area contributed by atoms with Gasteiger partial charge in [-0.05, 0) is 49.4 Å². The number of anilines is 1. The second-order valence-electron chi connectivity index (χ2n) is 7.32. The summed E-state index contributed by atoms with van der Waals surface area (Å²) in [5, 5.41) is 1.78. The predicted molar refractivity (Wildman–Crippen MR) is 111 cm³/mol. The number of benzene rings is 2. The third-order valence-electron chi connectivity index (χ3n) is 5.53. The number of nitrogens with zero attached hydrogens (tertiary/aromatic N) is 3. The Bertz CT molecular complexity index is 1210. The molecule has 4 aromatic rings. The average Bonchev–Trinajstić information content (AvgIpc) is 3.21. The first-order valence-corrected chi connectivity index (χ1v) is 9.69. The van der Waals surface area contributed by atoms with Gasteiger partial charge >= 0.3 is 0 Å². The van der Waals surface area contributed by atoms with E-state index in [1.54, 1.807) is 18.2 Å². The second-order valence-corrected chi connectivity index (χ2v) is 7.32. The van der Waals surface area contributed by atoms with E-state index in [-0.39, 0.29) is 11.7 Å². The SMILES string of the molecule is Cc1nc2ccccc2c2oc(C(=O)N3CCN(c4ccc(F)cc4)CC3)cc12. The first-order valence-electron chi connectivity index (χ1n) is 9.69. The molecule has 0 saturated carbocycles. The number of pyridine rings is 1. The quantitative estimate of drug-likeness (QED) is 0.510. The molecule has 1 amide bonds. The number of piperazine rings is 1. The standard InChI is InChI=1S/C23H20FN3O2/c1-15-19-14-21(29-22(19)18-4-2-3-5-20(18)25-15)23(28)27-12-10-26(11-13-27)17-8-6-16(24)7-9-17/h2-9,14H,10-13H2,1H3. The van der Waals surface area contributed by atoms with Crippen molar-refractivity contribution in [1.29, 1.82) is 0 Å². The molecule has 1 aliphatic rings. The first-order chi connectivity index (χ1) is 14.1. The van der Waals surface area contributed by atoms with Gasteiger partial charge in [0.2, 0.25) is 0 Å². The highest BCUT2D eigenvalue weighted by atomic mass is 19.1. The van der Waals surface area contributed by atoms with E-state index in [1.165, 1.54) is 12.1 Å². The lowest BCUT2D eigenvalue weighted by atomic mass is 10.1. The van der Waals surface area contributed by atoms with Crippen LogP contribution in [0.5, 0.6) is 0 Å². The number of aromatic nitrogens is 1. The normalized spacial score (nSPS) is 14.7. The van der Waals surface area contributed by atoms with Crippen LogP contribution in [0.2, 0.25) is 0 Å². The van der Waals surface area contributed by atoms with Crippen molar-refractivity contribution in [2.45, 2.75) is 6.92 Å². The fraction of sp³-hybridized carbons (Fsp3) is 0.217. The maximum atomic E-state index is 13.1. The van der Waals surface area contributed by atoms with Crippen molar-refractivity contribution < 1.29 is 13.6 Å². The Morgan fingerprint density at radius 2 is 1.72 bits per heavy atom. The van der Waals surface area contributed by atoms with Crippen molar-refractivity contribution in [3.63, 3.8) is 0 Å². The van der Waals surface area contributed by atoms with E-state index < -0.39 is 0 Å². The molecule has 5 rings (SSSR count). The minimum atomic E-state index is -0.246. The molecule has 0 aliphatic carbocycles. The highest BCUT2D eigenvalue weighted by Crippen LogP contribution is 2.30. The Hall–Kier alpha value is -3.41. The number of aryl methyl sites for hydroxylation is 1. The smallest absolute Gasteiger partial charge is 0.289 e. The maximum absolute atomic E-state index is 13.1. The van der Waals surface area contributed by atoms with Crippen molar-refractivity contribution in [3.05, 3.63) is 71.9 Å². The molecule has 146 valence electrons. The summed E-state index contributed by atoms with van der Waals surface area (Å²) in [5.74, 6) is -0.00956. The highest BCUT2D eigenvalue weighted by Gasteiger charge is 2.25. The lowest BCUT2D eigenvalue weighted by molar-refractivity contribution is 0.0717. The molecular weight excluding hydrogens is 369 g/mol. The van der Waals surface area contributed by atoms with Gasteiger partial charge in [0.25, 0.3) is 5.91 Å². The summed E-state index contributed by atoms with van der Waals surface area (Å²) in [7, 11) is 0. The highest BCUT2D eigenvalue weighted by molar-refractivity contribution is 6.06. The van der Waals surface area contributed by atoms with Crippen LogP contribution in [0.3, 0.4) is 0 Å². The van der Waals surface area contributed by atoms with Crippen molar-refractivity contribution in [3.8, 4) is 0 Å². The van der Waals surface area contributed by atoms with E-state index in [9.17, 15) is 9.18 Å². The van der Waals surface area contributed by atoms with Crippen LogP contribution in [0.15, 0.2) is 59.0 Å². The molecule has 0 atom stereocenters. The zero-order chi connectivity index (χ0) is 20.0. The molecule has 2 aromatic heterocycles. The van der Waals surface area contributed by atoms with Gasteiger partial charge in [-0.3, -0.25) is 9.78 Å². The summed E-state index contributed by atoms with van der Waals surface area (Å²) < 4.78 is 19.2. The molecule has 1 saturated heterocycles. The molecule has 1 aliphatic heterocycles. The maximum Gasteiger partial charge on any atom is 0.289 e. The summed E-state index contributed by atoms with van der Waals surface area (Å²) in [6.45, 7) is 4.50. The molecular formula is C23H20FN3O2. The van der Waals surface area contributed by atoms with Crippen molar-refractivity contribution in [2.24, 2.45) is 0 Å². The van der Waals surface area contributed by atoms with Gasteiger partial charge < -0.3 is 14.2 Å². The van der Waals surface area contributed by atoms with Crippen LogP contribution in [-0.2, 0) is 0 Å². The number of para-hydroxylation sites is 1. The van der Waals surface area contributed by atoms with Gasteiger partial charge in [-0.25, -0.2) is 4.39 Å². The van der Waals surface area contributed by atoms with E-state index in [4.69, 9.17) is 4.42 Å². The van der Waals surface area contributed by atoms with Crippen molar-refractivity contribution in [2.75, 3.05) is 31.1 Å².